The lowest BCUT2D eigenvalue weighted by atomic mass is 9.93. The number of anilines is 1. The molecule has 0 saturated carbocycles. The van der Waals surface area contributed by atoms with Crippen molar-refractivity contribution in [2.24, 2.45) is 11.7 Å². The summed E-state index contributed by atoms with van der Waals surface area (Å²) >= 11 is 3.32. The lowest BCUT2D eigenvalue weighted by Gasteiger charge is -2.31. The van der Waals surface area contributed by atoms with Crippen molar-refractivity contribution in [3.63, 3.8) is 0 Å². The number of amides is 2. The average Bonchev–Trinajstić information content (AvgIpc) is 2.38. The van der Waals surface area contributed by atoms with E-state index in [0.717, 1.165) is 17.3 Å². The Balaban J connectivity index is 0.00000220. The molecule has 1 aromatic rings. The standard InChI is InChI=1S/C14H18BrN3O2.ClH/c15-10-1-2-11(12(16)8-10)14(20)18-5-3-9(4-6-18)7-13(17)19;/h1-2,8-9H,3-7,16H2,(H2,17,19);1H. The number of hydrogen-bond donors (Lipinski definition) is 2. The number of nitrogens with two attached hydrogens (primary N) is 2. The maximum Gasteiger partial charge on any atom is 0.255 e. The summed E-state index contributed by atoms with van der Waals surface area (Å²) in [5.41, 5.74) is 12.1. The third kappa shape index (κ3) is 4.61. The number of primary amides is 1. The Bertz CT molecular complexity index is 531. The molecule has 0 aliphatic carbocycles. The van der Waals surface area contributed by atoms with E-state index in [1.165, 1.54) is 0 Å². The first-order valence-electron chi connectivity index (χ1n) is 6.60. The van der Waals surface area contributed by atoms with Gasteiger partial charge in [-0.3, -0.25) is 9.59 Å². The third-order valence-electron chi connectivity index (χ3n) is 3.64. The molecule has 116 valence electrons. The lowest BCUT2D eigenvalue weighted by Crippen LogP contribution is -2.39. The van der Waals surface area contributed by atoms with Crippen molar-refractivity contribution >= 4 is 45.8 Å². The van der Waals surface area contributed by atoms with Gasteiger partial charge in [-0.1, -0.05) is 15.9 Å². The molecule has 1 aromatic carbocycles. The van der Waals surface area contributed by atoms with E-state index in [9.17, 15) is 9.59 Å². The number of nitrogen functional groups attached to an aromatic ring is 1. The third-order valence-corrected chi connectivity index (χ3v) is 4.13. The van der Waals surface area contributed by atoms with Gasteiger partial charge in [0.15, 0.2) is 0 Å². The maximum atomic E-state index is 12.4. The summed E-state index contributed by atoms with van der Waals surface area (Å²) in [6, 6.07) is 5.27. The molecular weight excluding hydrogens is 358 g/mol. The summed E-state index contributed by atoms with van der Waals surface area (Å²) < 4.78 is 0.853. The van der Waals surface area contributed by atoms with Crippen LogP contribution < -0.4 is 11.5 Å². The molecule has 1 aliphatic heterocycles. The van der Waals surface area contributed by atoms with E-state index in [-0.39, 0.29) is 24.2 Å². The Morgan fingerprint density at radius 2 is 1.90 bits per heavy atom. The van der Waals surface area contributed by atoms with Gasteiger partial charge >= 0.3 is 0 Å². The van der Waals surface area contributed by atoms with E-state index in [0.29, 0.717) is 36.7 Å². The van der Waals surface area contributed by atoms with Crippen LogP contribution in [-0.4, -0.2) is 29.8 Å². The Morgan fingerprint density at radius 1 is 1.29 bits per heavy atom. The number of likely N-dealkylation sites (tertiary alicyclic amines) is 1. The van der Waals surface area contributed by atoms with Crippen molar-refractivity contribution < 1.29 is 9.59 Å². The first kappa shape index (κ1) is 17.8. The highest BCUT2D eigenvalue weighted by molar-refractivity contribution is 9.10. The second-order valence-corrected chi connectivity index (χ2v) is 6.05. The molecule has 2 rings (SSSR count). The van der Waals surface area contributed by atoms with Crippen molar-refractivity contribution in [2.75, 3.05) is 18.8 Å². The zero-order valence-electron chi connectivity index (χ0n) is 11.5. The van der Waals surface area contributed by atoms with Gasteiger partial charge in [-0.15, -0.1) is 12.4 Å². The van der Waals surface area contributed by atoms with Gasteiger partial charge in [0, 0.05) is 29.7 Å². The summed E-state index contributed by atoms with van der Waals surface area (Å²) in [6.07, 6.45) is 2.03. The molecule has 0 unspecified atom stereocenters. The van der Waals surface area contributed by atoms with Gasteiger partial charge in [0.25, 0.3) is 5.91 Å². The van der Waals surface area contributed by atoms with Crippen LogP contribution in [0.1, 0.15) is 29.6 Å². The normalized spacial score (nSPS) is 15.4. The molecule has 0 radical (unpaired) electrons. The van der Waals surface area contributed by atoms with Crippen LogP contribution in [0.25, 0.3) is 0 Å². The van der Waals surface area contributed by atoms with Crippen molar-refractivity contribution in [3.8, 4) is 0 Å². The SMILES string of the molecule is Cl.NC(=O)CC1CCN(C(=O)c2ccc(Br)cc2N)CC1. The minimum Gasteiger partial charge on any atom is -0.398 e. The Morgan fingerprint density at radius 3 is 2.43 bits per heavy atom. The van der Waals surface area contributed by atoms with E-state index in [4.69, 9.17) is 11.5 Å². The van der Waals surface area contributed by atoms with Crippen LogP contribution in [0.3, 0.4) is 0 Å². The number of piperidine rings is 1. The van der Waals surface area contributed by atoms with Crippen LogP contribution in [-0.2, 0) is 4.79 Å². The minimum absolute atomic E-state index is 0. The second kappa shape index (κ2) is 7.66. The largest absolute Gasteiger partial charge is 0.398 e. The highest BCUT2D eigenvalue weighted by Crippen LogP contribution is 2.24. The molecule has 1 saturated heterocycles. The van der Waals surface area contributed by atoms with Gasteiger partial charge in [-0.05, 0) is 37.0 Å². The maximum absolute atomic E-state index is 12.4. The number of nitrogens with zero attached hydrogens (tertiary/aromatic N) is 1. The summed E-state index contributed by atoms with van der Waals surface area (Å²) in [6.45, 7) is 1.29. The van der Waals surface area contributed by atoms with Crippen molar-refractivity contribution in [1.29, 1.82) is 0 Å². The van der Waals surface area contributed by atoms with Gasteiger partial charge in [0.05, 0.1) is 5.56 Å². The minimum atomic E-state index is -0.271. The fraction of sp³-hybridized carbons (Fsp3) is 0.429. The first-order valence-corrected chi connectivity index (χ1v) is 7.39. The van der Waals surface area contributed by atoms with Crippen LogP contribution in [0, 0.1) is 5.92 Å². The van der Waals surface area contributed by atoms with Gasteiger partial charge in [-0.25, -0.2) is 0 Å². The number of rotatable bonds is 3. The van der Waals surface area contributed by atoms with Crippen LogP contribution in [0.4, 0.5) is 5.69 Å². The topological polar surface area (TPSA) is 89.4 Å². The Labute approximate surface area is 138 Å². The summed E-state index contributed by atoms with van der Waals surface area (Å²) in [5.74, 6) is -0.0294. The molecule has 5 nitrogen and oxygen atoms in total. The van der Waals surface area contributed by atoms with Gasteiger partial charge in [-0.2, -0.15) is 0 Å². The lowest BCUT2D eigenvalue weighted by molar-refractivity contribution is -0.119. The molecule has 2 amide bonds. The number of benzene rings is 1. The predicted molar refractivity (Wildman–Crippen MR) is 88.2 cm³/mol. The highest BCUT2D eigenvalue weighted by Gasteiger charge is 2.25. The zero-order chi connectivity index (χ0) is 14.7. The van der Waals surface area contributed by atoms with Crippen molar-refractivity contribution in [2.45, 2.75) is 19.3 Å². The summed E-state index contributed by atoms with van der Waals surface area (Å²) in [7, 11) is 0. The number of hydrogen-bond acceptors (Lipinski definition) is 3. The van der Waals surface area contributed by atoms with Crippen LogP contribution in [0.5, 0.6) is 0 Å². The van der Waals surface area contributed by atoms with Gasteiger partial charge in [0.1, 0.15) is 0 Å². The molecule has 7 heteroatoms. The van der Waals surface area contributed by atoms with E-state index in [1.807, 2.05) is 6.07 Å². The monoisotopic (exact) mass is 375 g/mol. The average molecular weight is 377 g/mol. The van der Waals surface area contributed by atoms with Crippen LogP contribution in [0.15, 0.2) is 22.7 Å². The highest BCUT2D eigenvalue weighted by atomic mass is 79.9. The predicted octanol–water partition coefficient (Wildman–Crippen LogP) is 2.18. The fourth-order valence-electron chi connectivity index (χ4n) is 2.52. The number of halogens is 2. The molecule has 0 bridgehead atoms. The van der Waals surface area contributed by atoms with E-state index >= 15 is 0 Å². The summed E-state index contributed by atoms with van der Waals surface area (Å²) in [5, 5.41) is 0. The van der Waals surface area contributed by atoms with Crippen molar-refractivity contribution in [1.82, 2.24) is 4.90 Å². The molecule has 1 aliphatic rings. The zero-order valence-corrected chi connectivity index (χ0v) is 14.0. The number of carbonyl (C=O) groups excluding carboxylic acids is 2. The van der Waals surface area contributed by atoms with Gasteiger partial charge in [0.2, 0.25) is 5.91 Å². The smallest absolute Gasteiger partial charge is 0.255 e. The molecule has 0 spiro atoms. The van der Waals surface area contributed by atoms with Crippen LogP contribution in [0.2, 0.25) is 0 Å². The van der Waals surface area contributed by atoms with Gasteiger partial charge < -0.3 is 16.4 Å². The molecule has 4 N–H and O–H groups in total. The molecule has 1 fully saturated rings. The van der Waals surface area contributed by atoms with E-state index in [1.54, 1.807) is 17.0 Å². The van der Waals surface area contributed by atoms with Crippen LogP contribution >= 0.6 is 28.3 Å². The fourth-order valence-corrected chi connectivity index (χ4v) is 2.90. The van der Waals surface area contributed by atoms with E-state index in [2.05, 4.69) is 15.9 Å². The molecule has 21 heavy (non-hydrogen) atoms. The Kier molecular flexibility index (Phi) is 6.48. The summed E-state index contributed by atoms with van der Waals surface area (Å²) in [4.78, 5) is 25.1. The number of carbonyl (C=O) groups is 2. The first-order chi connectivity index (χ1) is 9.47. The molecular formula is C14H19BrClN3O2. The molecule has 0 atom stereocenters. The molecule has 0 aromatic heterocycles. The Hall–Kier alpha value is -1.27. The van der Waals surface area contributed by atoms with E-state index < -0.39 is 0 Å². The molecule has 1 heterocycles. The quantitative estimate of drug-likeness (QED) is 0.792. The second-order valence-electron chi connectivity index (χ2n) is 5.14. The van der Waals surface area contributed by atoms with Crippen molar-refractivity contribution in [3.05, 3.63) is 28.2 Å².